The number of hydrogen-bond donors (Lipinski definition) is 0. The Morgan fingerprint density at radius 1 is 0.649 bits per heavy atom. The number of carbonyl (C=O) groups is 2. The molecule has 0 saturated heterocycles. The molecule has 0 radical (unpaired) electrons. The molecule has 0 N–H and O–H groups in total. The van der Waals surface area contributed by atoms with Crippen LogP contribution in [0.25, 0.3) is 0 Å². The van der Waals surface area contributed by atoms with Gasteiger partial charge in [0.25, 0.3) is 0 Å². The lowest BCUT2D eigenvalue weighted by molar-refractivity contribution is -0.137. The maximum absolute atomic E-state index is 12.5. The Bertz CT molecular complexity index is 741. The van der Waals surface area contributed by atoms with Gasteiger partial charge in [-0.25, -0.2) is 0 Å². The molecule has 0 amide bonds. The van der Waals surface area contributed by atoms with Crippen molar-refractivity contribution in [2.45, 2.75) is 137 Å². The van der Waals surface area contributed by atoms with Crippen molar-refractivity contribution in [3.8, 4) is 17.2 Å². The highest BCUT2D eigenvalue weighted by atomic mass is 16.6. The van der Waals surface area contributed by atoms with E-state index in [1.165, 1.54) is 38.5 Å². The van der Waals surface area contributed by atoms with Gasteiger partial charge in [-0.3, -0.25) is 9.59 Å². The average Bonchev–Trinajstić information content (AvgIpc) is 2.84. The first-order valence-corrected chi connectivity index (χ1v) is 15.0. The molecule has 1 aromatic rings. The van der Waals surface area contributed by atoms with Crippen LogP contribution in [0.3, 0.4) is 0 Å². The van der Waals surface area contributed by atoms with Gasteiger partial charge in [-0.2, -0.15) is 0 Å². The molecule has 1 aromatic carbocycles. The molecule has 0 unspecified atom stereocenters. The van der Waals surface area contributed by atoms with Crippen LogP contribution in [0.1, 0.15) is 137 Å². The van der Waals surface area contributed by atoms with Crippen LogP contribution in [0.4, 0.5) is 0 Å². The first-order chi connectivity index (χ1) is 17.8. The summed E-state index contributed by atoms with van der Waals surface area (Å²) in [6.45, 7) is 11.6. The fourth-order valence-electron chi connectivity index (χ4n) is 4.16. The molecule has 0 fully saturated rings. The molecule has 1 rings (SSSR count). The third-order valence-corrected chi connectivity index (χ3v) is 6.45. The summed E-state index contributed by atoms with van der Waals surface area (Å²) in [7, 11) is 0. The summed E-state index contributed by atoms with van der Waals surface area (Å²) >= 11 is 0. The number of ether oxygens (including phenoxy) is 3. The van der Waals surface area contributed by atoms with Crippen LogP contribution in [0, 0.1) is 11.8 Å². The highest BCUT2D eigenvalue weighted by Gasteiger charge is 2.16. The number of rotatable bonds is 22. The molecule has 0 heterocycles. The first kappa shape index (κ1) is 33.0. The van der Waals surface area contributed by atoms with Crippen molar-refractivity contribution >= 4 is 11.9 Å². The van der Waals surface area contributed by atoms with E-state index in [4.69, 9.17) is 14.2 Å². The van der Waals surface area contributed by atoms with Crippen molar-refractivity contribution in [2.75, 3.05) is 6.61 Å². The minimum absolute atomic E-state index is 0.262. The molecule has 0 bridgehead atoms. The molecule has 0 aliphatic heterocycles. The number of esters is 2. The van der Waals surface area contributed by atoms with E-state index in [0.29, 0.717) is 37.0 Å². The van der Waals surface area contributed by atoms with E-state index in [1.54, 1.807) is 18.2 Å². The van der Waals surface area contributed by atoms with E-state index < -0.39 is 0 Å². The molecule has 0 atom stereocenters. The molecule has 5 heteroatoms. The van der Waals surface area contributed by atoms with Crippen LogP contribution < -0.4 is 14.2 Å². The van der Waals surface area contributed by atoms with Gasteiger partial charge in [0.05, 0.1) is 6.61 Å². The Balaban J connectivity index is 2.62. The van der Waals surface area contributed by atoms with Crippen LogP contribution >= 0.6 is 0 Å². The Morgan fingerprint density at radius 2 is 1.16 bits per heavy atom. The fraction of sp³-hybridized carbons (Fsp3) is 0.750. The zero-order valence-corrected chi connectivity index (χ0v) is 24.4. The summed E-state index contributed by atoms with van der Waals surface area (Å²) in [5.74, 6) is 1.81. The molecular formula is C32H54O5. The minimum Gasteiger partial charge on any atom is -0.493 e. The zero-order valence-electron chi connectivity index (χ0n) is 24.4. The van der Waals surface area contributed by atoms with E-state index >= 15 is 0 Å². The van der Waals surface area contributed by atoms with E-state index in [0.717, 1.165) is 51.4 Å². The quantitative estimate of drug-likeness (QED) is 0.0869. The standard InChI is InChI=1S/C32H54O5/c1-6-7-8-9-10-11-12-17-24-35-28-22-23-29(36-31(33)20-15-13-18-26(2)3)30(25-28)37-32(34)21-16-14-19-27(4)5/h22-23,25-27H,6-21,24H2,1-5H3. The summed E-state index contributed by atoms with van der Waals surface area (Å²) in [5, 5.41) is 0. The number of carbonyl (C=O) groups excluding carboxylic acids is 2. The predicted octanol–water partition coefficient (Wildman–Crippen LogP) is 9.45. The molecule has 0 aliphatic rings. The maximum atomic E-state index is 12.5. The zero-order chi connectivity index (χ0) is 27.3. The molecule has 0 spiro atoms. The second-order valence-corrected chi connectivity index (χ2v) is 11.2. The maximum Gasteiger partial charge on any atom is 0.311 e. The lowest BCUT2D eigenvalue weighted by Gasteiger charge is -2.13. The second-order valence-electron chi connectivity index (χ2n) is 11.2. The van der Waals surface area contributed by atoms with Gasteiger partial charge in [-0.15, -0.1) is 0 Å². The van der Waals surface area contributed by atoms with Crippen LogP contribution in [0.5, 0.6) is 17.2 Å². The van der Waals surface area contributed by atoms with Gasteiger partial charge in [0.1, 0.15) is 5.75 Å². The van der Waals surface area contributed by atoms with E-state index in [2.05, 4.69) is 34.6 Å². The molecule has 0 aromatic heterocycles. The topological polar surface area (TPSA) is 61.8 Å². The largest absolute Gasteiger partial charge is 0.493 e. The van der Waals surface area contributed by atoms with E-state index in [-0.39, 0.29) is 23.4 Å². The molecular weight excluding hydrogens is 464 g/mol. The fourth-order valence-corrected chi connectivity index (χ4v) is 4.16. The number of hydrogen-bond acceptors (Lipinski definition) is 5. The Labute approximate surface area is 227 Å². The average molecular weight is 519 g/mol. The lowest BCUT2D eigenvalue weighted by atomic mass is 10.1. The van der Waals surface area contributed by atoms with Crippen LogP contribution in [0.2, 0.25) is 0 Å². The lowest BCUT2D eigenvalue weighted by Crippen LogP contribution is -2.12. The second kappa shape index (κ2) is 21.0. The van der Waals surface area contributed by atoms with Gasteiger partial charge in [-0.05, 0) is 43.2 Å². The summed E-state index contributed by atoms with van der Waals surface area (Å²) in [6.07, 6.45) is 16.4. The molecule has 0 aliphatic carbocycles. The van der Waals surface area contributed by atoms with Crippen molar-refractivity contribution in [3.05, 3.63) is 18.2 Å². The minimum atomic E-state index is -0.307. The van der Waals surface area contributed by atoms with Crippen molar-refractivity contribution in [1.82, 2.24) is 0 Å². The van der Waals surface area contributed by atoms with Crippen molar-refractivity contribution in [3.63, 3.8) is 0 Å². The summed E-state index contributed by atoms with van der Waals surface area (Å²) in [5.41, 5.74) is 0. The van der Waals surface area contributed by atoms with Gasteiger partial charge in [-0.1, -0.05) is 105 Å². The SMILES string of the molecule is CCCCCCCCCCOc1ccc(OC(=O)CCCCC(C)C)c(OC(=O)CCCCC(C)C)c1. The van der Waals surface area contributed by atoms with Crippen molar-refractivity contribution < 1.29 is 23.8 Å². The predicted molar refractivity (Wildman–Crippen MR) is 152 cm³/mol. The highest BCUT2D eigenvalue weighted by Crippen LogP contribution is 2.33. The third-order valence-electron chi connectivity index (χ3n) is 6.45. The van der Waals surface area contributed by atoms with Gasteiger partial charge < -0.3 is 14.2 Å². The van der Waals surface area contributed by atoms with Crippen LogP contribution in [0.15, 0.2) is 18.2 Å². The van der Waals surface area contributed by atoms with Gasteiger partial charge in [0, 0.05) is 18.9 Å². The normalized spacial score (nSPS) is 11.2. The monoisotopic (exact) mass is 518 g/mol. The van der Waals surface area contributed by atoms with Crippen LogP contribution in [-0.4, -0.2) is 18.5 Å². The highest BCUT2D eigenvalue weighted by molar-refractivity contribution is 5.76. The van der Waals surface area contributed by atoms with E-state index in [1.807, 2.05) is 0 Å². The number of unbranched alkanes of at least 4 members (excludes halogenated alkanes) is 9. The van der Waals surface area contributed by atoms with Gasteiger partial charge in [0.2, 0.25) is 0 Å². The van der Waals surface area contributed by atoms with Gasteiger partial charge in [0.15, 0.2) is 11.5 Å². The molecule has 0 saturated carbocycles. The number of benzene rings is 1. The Hall–Kier alpha value is -2.04. The molecule has 37 heavy (non-hydrogen) atoms. The Kier molecular flexibility index (Phi) is 18.7. The summed E-state index contributed by atoms with van der Waals surface area (Å²) in [6, 6.07) is 5.14. The van der Waals surface area contributed by atoms with E-state index in [9.17, 15) is 9.59 Å². The van der Waals surface area contributed by atoms with Crippen LogP contribution in [-0.2, 0) is 9.59 Å². The smallest absolute Gasteiger partial charge is 0.311 e. The van der Waals surface area contributed by atoms with Crippen molar-refractivity contribution in [2.24, 2.45) is 11.8 Å². The van der Waals surface area contributed by atoms with Gasteiger partial charge >= 0.3 is 11.9 Å². The van der Waals surface area contributed by atoms with Crippen molar-refractivity contribution in [1.29, 1.82) is 0 Å². The summed E-state index contributed by atoms with van der Waals surface area (Å²) in [4.78, 5) is 24.9. The molecule has 212 valence electrons. The first-order valence-electron chi connectivity index (χ1n) is 15.0. The molecule has 5 nitrogen and oxygen atoms in total. The Morgan fingerprint density at radius 3 is 1.70 bits per heavy atom. The third kappa shape index (κ3) is 18.0. The summed E-state index contributed by atoms with van der Waals surface area (Å²) < 4.78 is 17.2.